The average molecular weight is 373 g/mol. The average Bonchev–Trinajstić information content (AvgIpc) is 3.15. The van der Waals surface area contributed by atoms with Gasteiger partial charge in [-0.25, -0.2) is 0 Å². The van der Waals surface area contributed by atoms with Crippen LogP contribution in [-0.2, 0) is 25.4 Å². The topological polar surface area (TPSA) is 56.8 Å². The van der Waals surface area contributed by atoms with Crippen LogP contribution in [0.25, 0.3) is 0 Å². The van der Waals surface area contributed by atoms with E-state index in [1.807, 2.05) is 30.3 Å². The first-order chi connectivity index (χ1) is 12.8. The van der Waals surface area contributed by atoms with E-state index in [0.717, 1.165) is 31.3 Å². The number of hydrogen-bond acceptors (Lipinski definition) is 5. The van der Waals surface area contributed by atoms with Gasteiger partial charge in [0.25, 0.3) is 0 Å². The van der Waals surface area contributed by atoms with Crippen molar-refractivity contribution in [1.82, 2.24) is 5.32 Å². The lowest BCUT2D eigenvalue weighted by Gasteiger charge is -2.32. The van der Waals surface area contributed by atoms with Crippen LogP contribution >= 0.6 is 0 Å². The summed E-state index contributed by atoms with van der Waals surface area (Å²) >= 11 is 0. The summed E-state index contributed by atoms with van der Waals surface area (Å²) in [5.41, 5.74) is 0.460. The highest BCUT2D eigenvalue weighted by atomic mass is 16.7. The highest BCUT2D eigenvalue weighted by molar-refractivity contribution is 6.45. The second-order valence-electron chi connectivity index (χ2n) is 8.73. The predicted octanol–water partition coefficient (Wildman–Crippen LogP) is 3.44. The lowest BCUT2D eigenvalue weighted by Crippen LogP contribution is -2.41. The number of benzene rings is 1. The second-order valence-corrected chi connectivity index (χ2v) is 8.73. The number of ether oxygens (including phenoxy) is 1. The molecule has 0 aliphatic carbocycles. The summed E-state index contributed by atoms with van der Waals surface area (Å²) in [6, 6.07) is 9.82. The molecule has 0 amide bonds. The van der Waals surface area contributed by atoms with Crippen molar-refractivity contribution in [3.05, 3.63) is 35.9 Å². The molecule has 148 valence electrons. The van der Waals surface area contributed by atoms with E-state index in [1.54, 1.807) is 0 Å². The molecule has 3 rings (SSSR count). The van der Waals surface area contributed by atoms with Gasteiger partial charge in [0.1, 0.15) is 6.61 Å². The van der Waals surface area contributed by atoms with Crippen molar-refractivity contribution in [2.45, 2.75) is 64.7 Å². The minimum absolute atomic E-state index is 0.0630. The van der Waals surface area contributed by atoms with Gasteiger partial charge in [-0.15, -0.1) is 0 Å². The molecule has 2 saturated heterocycles. The summed E-state index contributed by atoms with van der Waals surface area (Å²) in [6.07, 6.45) is 2.81. The molecule has 0 bridgehead atoms. The Morgan fingerprint density at radius 1 is 1.15 bits per heavy atom. The smallest absolute Gasteiger partial charge is 0.457 e. The Hall–Kier alpha value is -1.37. The molecule has 1 N–H and O–H groups in total. The molecule has 0 aromatic heterocycles. The van der Waals surface area contributed by atoms with Crippen LogP contribution in [0.5, 0.6) is 0 Å². The van der Waals surface area contributed by atoms with Crippen molar-refractivity contribution in [3.63, 3.8) is 0 Å². The summed E-state index contributed by atoms with van der Waals surface area (Å²) in [7, 11) is -0.159. The Balaban J connectivity index is 1.43. The summed E-state index contributed by atoms with van der Waals surface area (Å²) in [5, 5.41) is 3.34. The van der Waals surface area contributed by atoms with Gasteiger partial charge in [0.2, 0.25) is 0 Å². The van der Waals surface area contributed by atoms with Gasteiger partial charge in [-0.2, -0.15) is 0 Å². The summed E-state index contributed by atoms with van der Waals surface area (Å²) in [4.78, 5) is 12.5. The fourth-order valence-corrected chi connectivity index (χ4v) is 3.78. The molecule has 1 aromatic rings. The molecule has 2 aliphatic rings. The van der Waals surface area contributed by atoms with Crippen LogP contribution in [0, 0.1) is 11.8 Å². The van der Waals surface area contributed by atoms with E-state index >= 15 is 0 Å². The van der Waals surface area contributed by atoms with E-state index < -0.39 is 0 Å². The highest BCUT2D eigenvalue weighted by Crippen LogP contribution is 2.38. The largest absolute Gasteiger partial charge is 0.461 e. The molecule has 2 aliphatic heterocycles. The molecular formula is C21H32BNO4. The maximum absolute atomic E-state index is 12.5. The number of carbonyl (C=O) groups excluding carboxylic acids is 1. The summed E-state index contributed by atoms with van der Waals surface area (Å²) in [6.45, 7) is 10.2. The van der Waals surface area contributed by atoms with Crippen LogP contribution in [0.4, 0.5) is 0 Å². The first-order valence-electron chi connectivity index (χ1n) is 10.1. The third-order valence-electron chi connectivity index (χ3n) is 6.18. The standard InChI is InChI=1S/C21H32BNO4/c1-20(2)21(3,4)27-22(26-20)12-8-11-17-13-23-14-18(17)19(24)25-15-16-9-6-5-7-10-16/h5-7,9-10,17-18,23H,8,11-15H2,1-4H3/t17-,18?/m0/s1. The zero-order valence-electron chi connectivity index (χ0n) is 17.0. The second kappa shape index (κ2) is 8.33. The number of rotatable bonds is 7. The normalized spacial score (nSPS) is 26.3. The monoisotopic (exact) mass is 373 g/mol. The van der Waals surface area contributed by atoms with Gasteiger partial charge in [0.15, 0.2) is 0 Å². The third-order valence-corrected chi connectivity index (χ3v) is 6.18. The van der Waals surface area contributed by atoms with Crippen molar-refractivity contribution in [3.8, 4) is 0 Å². The van der Waals surface area contributed by atoms with Crippen LogP contribution in [0.2, 0.25) is 6.32 Å². The Morgan fingerprint density at radius 2 is 1.81 bits per heavy atom. The minimum Gasteiger partial charge on any atom is -0.461 e. The van der Waals surface area contributed by atoms with Crippen LogP contribution in [0.3, 0.4) is 0 Å². The fraction of sp³-hybridized carbons (Fsp3) is 0.667. The van der Waals surface area contributed by atoms with Crippen molar-refractivity contribution < 1.29 is 18.8 Å². The van der Waals surface area contributed by atoms with Gasteiger partial charge in [0, 0.05) is 6.54 Å². The van der Waals surface area contributed by atoms with E-state index in [4.69, 9.17) is 14.0 Å². The summed E-state index contributed by atoms with van der Waals surface area (Å²) in [5.74, 6) is 0.159. The van der Waals surface area contributed by atoms with Crippen LogP contribution in [0.15, 0.2) is 30.3 Å². The van der Waals surface area contributed by atoms with Gasteiger partial charge in [-0.3, -0.25) is 4.79 Å². The van der Waals surface area contributed by atoms with Gasteiger partial charge < -0.3 is 19.4 Å². The quantitative estimate of drug-likeness (QED) is 0.586. The number of nitrogens with one attached hydrogen (secondary N) is 1. The van der Waals surface area contributed by atoms with Gasteiger partial charge in [-0.05, 0) is 58.5 Å². The summed E-state index contributed by atoms with van der Waals surface area (Å²) < 4.78 is 17.7. The van der Waals surface area contributed by atoms with Crippen molar-refractivity contribution in [2.75, 3.05) is 13.1 Å². The van der Waals surface area contributed by atoms with Gasteiger partial charge >= 0.3 is 13.1 Å². The zero-order chi connectivity index (χ0) is 19.5. The minimum atomic E-state index is -0.281. The van der Waals surface area contributed by atoms with Crippen molar-refractivity contribution in [1.29, 1.82) is 0 Å². The van der Waals surface area contributed by atoms with E-state index in [1.165, 1.54) is 0 Å². The first kappa shape index (κ1) is 20.4. The van der Waals surface area contributed by atoms with Crippen molar-refractivity contribution >= 4 is 13.1 Å². The molecule has 2 fully saturated rings. The molecule has 6 heteroatoms. The molecule has 5 nitrogen and oxygen atoms in total. The molecule has 1 unspecified atom stereocenters. The lowest BCUT2D eigenvalue weighted by molar-refractivity contribution is -0.150. The van der Waals surface area contributed by atoms with Gasteiger partial charge in [-0.1, -0.05) is 36.8 Å². The van der Waals surface area contributed by atoms with E-state index in [9.17, 15) is 4.79 Å². The molecule has 1 aromatic carbocycles. The molecule has 0 spiro atoms. The Morgan fingerprint density at radius 3 is 2.48 bits per heavy atom. The molecule has 0 saturated carbocycles. The SMILES string of the molecule is CC1(C)OB(CCC[C@H]2CNCC2C(=O)OCc2ccccc2)OC1(C)C. The zero-order valence-corrected chi connectivity index (χ0v) is 17.0. The Kier molecular flexibility index (Phi) is 6.29. The molecule has 2 heterocycles. The fourth-order valence-electron chi connectivity index (χ4n) is 3.78. The first-order valence-corrected chi connectivity index (χ1v) is 10.1. The maximum Gasteiger partial charge on any atom is 0.457 e. The van der Waals surface area contributed by atoms with Gasteiger partial charge in [0.05, 0.1) is 17.1 Å². The number of hydrogen-bond donors (Lipinski definition) is 1. The highest BCUT2D eigenvalue weighted by Gasteiger charge is 2.50. The van der Waals surface area contributed by atoms with E-state index in [-0.39, 0.29) is 30.2 Å². The lowest BCUT2D eigenvalue weighted by atomic mass is 9.79. The third kappa shape index (κ3) is 4.92. The van der Waals surface area contributed by atoms with Crippen LogP contribution < -0.4 is 5.32 Å². The van der Waals surface area contributed by atoms with E-state index in [2.05, 4.69) is 33.0 Å². The molecule has 0 radical (unpaired) electrons. The van der Waals surface area contributed by atoms with E-state index in [0.29, 0.717) is 19.1 Å². The maximum atomic E-state index is 12.5. The van der Waals surface area contributed by atoms with Crippen LogP contribution in [-0.4, -0.2) is 37.4 Å². The van der Waals surface area contributed by atoms with Crippen molar-refractivity contribution in [2.24, 2.45) is 11.8 Å². The number of esters is 1. The Labute approximate surface area is 163 Å². The molecule has 27 heavy (non-hydrogen) atoms. The molecular weight excluding hydrogens is 341 g/mol. The molecule has 2 atom stereocenters. The Bertz CT molecular complexity index is 618. The predicted molar refractivity (Wildman–Crippen MR) is 106 cm³/mol. The number of carbonyl (C=O) groups is 1. The van der Waals surface area contributed by atoms with Crippen LogP contribution in [0.1, 0.15) is 46.1 Å².